The molecule has 0 saturated carbocycles. The quantitative estimate of drug-likeness (QED) is 0.685. The second kappa shape index (κ2) is 3.29. The van der Waals surface area contributed by atoms with E-state index in [-0.39, 0.29) is 0 Å². The van der Waals surface area contributed by atoms with Crippen molar-refractivity contribution in [1.82, 2.24) is 0 Å². The number of nitrogens with zero attached hydrogens (tertiary/aromatic N) is 1. The molecular weight excluding hydrogens is 162 g/mol. The third kappa shape index (κ3) is 1.48. The van der Waals surface area contributed by atoms with Crippen LogP contribution in [0.4, 0.5) is 5.69 Å². The summed E-state index contributed by atoms with van der Waals surface area (Å²) in [5, 5.41) is 0. The fourth-order valence-electron chi connectivity index (χ4n) is 1.59. The van der Waals surface area contributed by atoms with Gasteiger partial charge in [-0.15, -0.1) is 0 Å². The van der Waals surface area contributed by atoms with E-state index in [0.717, 1.165) is 25.3 Å². The minimum atomic E-state index is 0.842. The molecule has 0 bridgehead atoms. The van der Waals surface area contributed by atoms with Crippen LogP contribution in [0.3, 0.4) is 0 Å². The van der Waals surface area contributed by atoms with Gasteiger partial charge in [0, 0.05) is 25.7 Å². The van der Waals surface area contributed by atoms with Gasteiger partial charge in [0.2, 0.25) is 0 Å². The van der Waals surface area contributed by atoms with Gasteiger partial charge < -0.3 is 9.64 Å². The summed E-state index contributed by atoms with van der Waals surface area (Å²) in [6.45, 7) is 4.04. The Morgan fingerprint density at radius 3 is 3.08 bits per heavy atom. The SMILES string of the molecule is CCN(C)c1ccc2c(c1)CCO2. The molecule has 1 aliphatic heterocycles. The second-order valence-electron chi connectivity index (χ2n) is 3.40. The molecule has 0 atom stereocenters. The first-order valence-electron chi connectivity index (χ1n) is 4.78. The van der Waals surface area contributed by atoms with Gasteiger partial charge in [0.25, 0.3) is 0 Å². The van der Waals surface area contributed by atoms with E-state index in [4.69, 9.17) is 4.74 Å². The molecule has 70 valence electrons. The molecule has 0 spiro atoms. The summed E-state index contributed by atoms with van der Waals surface area (Å²) in [5.41, 5.74) is 2.63. The monoisotopic (exact) mass is 177 g/mol. The summed E-state index contributed by atoms with van der Waals surface area (Å²) < 4.78 is 5.45. The van der Waals surface area contributed by atoms with Crippen LogP contribution in [-0.2, 0) is 6.42 Å². The normalized spacial score (nSPS) is 13.7. The van der Waals surface area contributed by atoms with Gasteiger partial charge in [0.15, 0.2) is 0 Å². The van der Waals surface area contributed by atoms with Crippen molar-refractivity contribution in [1.29, 1.82) is 0 Å². The average Bonchev–Trinajstić information content (AvgIpc) is 2.63. The Labute approximate surface area is 79.1 Å². The maximum Gasteiger partial charge on any atom is 0.122 e. The molecule has 0 aromatic heterocycles. The van der Waals surface area contributed by atoms with Crippen LogP contribution in [0.15, 0.2) is 18.2 Å². The van der Waals surface area contributed by atoms with E-state index in [1.807, 2.05) is 0 Å². The number of rotatable bonds is 2. The molecule has 2 nitrogen and oxygen atoms in total. The number of hydrogen-bond donors (Lipinski definition) is 0. The third-order valence-electron chi connectivity index (χ3n) is 2.59. The first-order chi connectivity index (χ1) is 6.31. The van der Waals surface area contributed by atoms with Crippen LogP contribution in [0.5, 0.6) is 5.75 Å². The molecule has 2 rings (SSSR count). The highest BCUT2D eigenvalue weighted by Gasteiger charge is 2.12. The minimum absolute atomic E-state index is 0.842. The number of fused-ring (bicyclic) bond motifs is 1. The van der Waals surface area contributed by atoms with Crippen molar-refractivity contribution < 1.29 is 4.74 Å². The molecule has 0 radical (unpaired) electrons. The Hall–Kier alpha value is -1.18. The number of hydrogen-bond acceptors (Lipinski definition) is 2. The first-order valence-corrected chi connectivity index (χ1v) is 4.78. The molecular formula is C11H15NO. The molecule has 0 unspecified atom stereocenters. The lowest BCUT2D eigenvalue weighted by Crippen LogP contribution is -2.15. The largest absolute Gasteiger partial charge is 0.493 e. The Morgan fingerprint density at radius 1 is 1.46 bits per heavy atom. The minimum Gasteiger partial charge on any atom is -0.493 e. The summed E-state index contributed by atoms with van der Waals surface area (Å²) >= 11 is 0. The number of benzene rings is 1. The molecule has 2 heteroatoms. The molecule has 0 fully saturated rings. The van der Waals surface area contributed by atoms with Gasteiger partial charge >= 0.3 is 0 Å². The summed E-state index contributed by atoms with van der Waals surface area (Å²) in [5.74, 6) is 1.06. The van der Waals surface area contributed by atoms with E-state index in [1.165, 1.54) is 11.3 Å². The zero-order valence-corrected chi connectivity index (χ0v) is 8.21. The highest BCUT2D eigenvalue weighted by atomic mass is 16.5. The summed E-state index contributed by atoms with van der Waals surface area (Å²) in [6, 6.07) is 6.42. The van der Waals surface area contributed by atoms with E-state index in [2.05, 4.69) is 37.1 Å². The van der Waals surface area contributed by atoms with Gasteiger partial charge in [0.1, 0.15) is 5.75 Å². The summed E-state index contributed by atoms with van der Waals surface area (Å²) in [6.07, 6.45) is 1.06. The van der Waals surface area contributed by atoms with Crippen LogP contribution in [0.25, 0.3) is 0 Å². The lowest BCUT2D eigenvalue weighted by Gasteiger charge is -2.17. The molecule has 1 aliphatic rings. The Morgan fingerprint density at radius 2 is 2.31 bits per heavy atom. The van der Waals surface area contributed by atoms with Crippen molar-refractivity contribution in [3.05, 3.63) is 23.8 Å². The van der Waals surface area contributed by atoms with Gasteiger partial charge in [-0.2, -0.15) is 0 Å². The van der Waals surface area contributed by atoms with Crippen LogP contribution in [0, 0.1) is 0 Å². The Kier molecular flexibility index (Phi) is 2.13. The topological polar surface area (TPSA) is 12.5 Å². The van der Waals surface area contributed by atoms with Crippen molar-refractivity contribution in [2.75, 3.05) is 25.1 Å². The van der Waals surface area contributed by atoms with E-state index in [0.29, 0.717) is 0 Å². The third-order valence-corrected chi connectivity index (χ3v) is 2.59. The predicted octanol–water partition coefficient (Wildman–Crippen LogP) is 2.08. The van der Waals surface area contributed by atoms with Gasteiger partial charge in [-0.1, -0.05) is 0 Å². The van der Waals surface area contributed by atoms with Crippen molar-refractivity contribution >= 4 is 5.69 Å². The highest BCUT2D eigenvalue weighted by Crippen LogP contribution is 2.28. The van der Waals surface area contributed by atoms with Crippen LogP contribution >= 0.6 is 0 Å². The standard InChI is InChI=1S/C11H15NO/c1-3-12(2)10-4-5-11-9(8-10)6-7-13-11/h4-5,8H,3,6-7H2,1-2H3. The fourth-order valence-corrected chi connectivity index (χ4v) is 1.59. The molecule has 0 saturated heterocycles. The average molecular weight is 177 g/mol. The van der Waals surface area contributed by atoms with Crippen LogP contribution in [-0.4, -0.2) is 20.2 Å². The van der Waals surface area contributed by atoms with E-state index >= 15 is 0 Å². The van der Waals surface area contributed by atoms with Gasteiger partial charge in [0.05, 0.1) is 6.61 Å². The van der Waals surface area contributed by atoms with Crippen molar-refractivity contribution in [3.63, 3.8) is 0 Å². The first kappa shape index (κ1) is 8.42. The van der Waals surface area contributed by atoms with E-state index < -0.39 is 0 Å². The maximum absolute atomic E-state index is 5.45. The van der Waals surface area contributed by atoms with Gasteiger partial charge in [-0.3, -0.25) is 0 Å². The van der Waals surface area contributed by atoms with Gasteiger partial charge in [-0.25, -0.2) is 0 Å². The molecule has 0 N–H and O–H groups in total. The number of anilines is 1. The molecule has 1 heterocycles. The van der Waals surface area contributed by atoms with E-state index in [9.17, 15) is 0 Å². The van der Waals surface area contributed by atoms with Gasteiger partial charge in [-0.05, 0) is 30.7 Å². The molecule has 0 aliphatic carbocycles. The summed E-state index contributed by atoms with van der Waals surface area (Å²) in [7, 11) is 2.11. The maximum atomic E-state index is 5.45. The molecule has 1 aromatic carbocycles. The number of ether oxygens (including phenoxy) is 1. The zero-order valence-electron chi connectivity index (χ0n) is 8.21. The van der Waals surface area contributed by atoms with Crippen LogP contribution < -0.4 is 9.64 Å². The predicted molar refractivity (Wildman–Crippen MR) is 54.6 cm³/mol. The summed E-state index contributed by atoms with van der Waals surface area (Å²) in [4.78, 5) is 2.23. The lowest BCUT2D eigenvalue weighted by molar-refractivity contribution is 0.357. The molecule has 1 aromatic rings. The van der Waals surface area contributed by atoms with Crippen molar-refractivity contribution in [2.24, 2.45) is 0 Å². The highest BCUT2D eigenvalue weighted by molar-refractivity contribution is 5.53. The van der Waals surface area contributed by atoms with Crippen LogP contribution in [0.1, 0.15) is 12.5 Å². The molecule has 0 amide bonds. The Balaban J connectivity index is 2.30. The Bertz CT molecular complexity index is 309. The smallest absolute Gasteiger partial charge is 0.122 e. The van der Waals surface area contributed by atoms with Crippen molar-refractivity contribution in [3.8, 4) is 5.75 Å². The van der Waals surface area contributed by atoms with E-state index in [1.54, 1.807) is 0 Å². The van der Waals surface area contributed by atoms with Crippen LogP contribution in [0.2, 0.25) is 0 Å². The lowest BCUT2D eigenvalue weighted by atomic mass is 10.1. The second-order valence-corrected chi connectivity index (χ2v) is 3.40. The molecule has 13 heavy (non-hydrogen) atoms. The van der Waals surface area contributed by atoms with Crippen molar-refractivity contribution in [2.45, 2.75) is 13.3 Å². The fraction of sp³-hybridized carbons (Fsp3) is 0.455. The zero-order chi connectivity index (χ0) is 9.26.